The number of halogens is 1. The lowest BCUT2D eigenvalue weighted by atomic mass is 10.0. The van der Waals surface area contributed by atoms with Crippen molar-refractivity contribution >= 4 is 17.5 Å². The van der Waals surface area contributed by atoms with Crippen molar-refractivity contribution in [2.75, 3.05) is 13.2 Å². The summed E-state index contributed by atoms with van der Waals surface area (Å²) >= 11 is 5.97. The van der Waals surface area contributed by atoms with Crippen LogP contribution in [0.25, 0.3) is 0 Å². The highest BCUT2D eigenvalue weighted by molar-refractivity contribution is 6.30. The Hall–Kier alpha value is -2.00. The summed E-state index contributed by atoms with van der Waals surface area (Å²) in [7, 11) is 0. The van der Waals surface area contributed by atoms with E-state index in [0.717, 1.165) is 41.3 Å². The maximum atomic E-state index is 12.7. The molecule has 1 aliphatic rings. The zero-order chi connectivity index (χ0) is 16.9. The van der Waals surface area contributed by atoms with Gasteiger partial charge in [0.25, 0.3) is 0 Å². The standard InChI is InChI=1S/C20H22ClNO2/c1-2-24-18-11-5-15(6-12-18)14-20(23)22-13-3-4-19(22)16-7-9-17(21)10-8-16/h5-12,19H,2-4,13-14H2,1H3/t19-/m0/s1. The van der Waals surface area contributed by atoms with Crippen LogP contribution >= 0.6 is 11.6 Å². The Balaban J connectivity index is 1.68. The van der Waals surface area contributed by atoms with E-state index in [-0.39, 0.29) is 11.9 Å². The highest BCUT2D eigenvalue weighted by Gasteiger charge is 2.29. The molecule has 0 N–H and O–H groups in total. The first kappa shape index (κ1) is 16.8. The second kappa shape index (κ2) is 7.71. The monoisotopic (exact) mass is 343 g/mol. The van der Waals surface area contributed by atoms with Crippen LogP contribution in [-0.2, 0) is 11.2 Å². The van der Waals surface area contributed by atoms with E-state index in [2.05, 4.69) is 0 Å². The van der Waals surface area contributed by atoms with Gasteiger partial charge in [0.2, 0.25) is 5.91 Å². The number of rotatable bonds is 5. The van der Waals surface area contributed by atoms with Gasteiger partial charge in [0.15, 0.2) is 0 Å². The molecule has 1 fully saturated rings. The maximum absolute atomic E-state index is 12.7. The third-order valence-corrected chi connectivity index (χ3v) is 4.67. The van der Waals surface area contributed by atoms with Gasteiger partial charge in [0.05, 0.1) is 19.1 Å². The van der Waals surface area contributed by atoms with Gasteiger partial charge in [-0.1, -0.05) is 35.9 Å². The Kier molecular flexibility index (Phi) is 5.41. The van der Waals surface area contributed by atoms with E-state index in [9.17, 15) is 4.79 Å². The van der Waals surface area contributed by atoms with E-state index >= 15 is 0 Å². The summed E-state index contributed by atoms with van der Waals surface area (Å²) in [5.41, 5.74) is 2.18. The number of carbonyl (C=O) groups excluding carboxylic acids is 1. The molecule has 1 atom stereocenters. The van der Waals surface area contributed by atoms with Gasteiger partial charge < -0.3 is 9.64 Å². The van der Waals surface area contributed by atoms with E-state index in [4.69, 9.17) is 16.3 Å². The van der Waals surface area contributed by atoms with Gasteiger partial charge in [0, 0.05) is 11.6 Å². The van der Waals surface area contributed by atoms with Crippen molar-refractivity contribution < 1.29 is 9.53 Å². The van der Waals surface area contributed by atoms with Gasteiger partial charge in [-0.3, -0.25) is 4.79 Å². The zero-order valence-corrected chi connectivity index (χ0v) is 14.6. The first-order valence-electron chi connectivity index (χ1n) is 8.44. The Morgan fingerprint density at radius 3 is 2.54 bits per heavy atom. The van der Waals surface area contributed by atoms with Gasteiger partial charge in [-0.05, 0) is 55.2 Å². The van der Waals surface area contributed by atoms with Crippen molar-refractivity contribution in [3.63, 3.8) is 0 Å². The van der Waals surface area contributed by atoms with Crippen molar-refractivity contribution in [2.45, 2.75) is 32.2 Å². The normalized spacial score (nSPS) is 17.1. The Morgan fingerprint density at radius 2 is 1.88 bits per heavy atom. The zero-order valence-electron chi connectivity index (χ0n) is 13.9. The molecule has 0 radical (unpaired) electrons. The van der Waals surface area contributed by atoms with Crippen LogP contribution in [0, 0.1) is 0 Å². The third kappa shape index (κ3) is 3.90. The van der Waals surface area contributed by atoms with E-state index in [1.807, 2.05) is 60.4 Å². The lowest BCUT2D eigenvalue weighted by Gasteiger charge is -2.25. The molecule has 0 spiro atoms. The van der Waals surface area contributed by atoms with Crippen LogP contribution in [0.4, 0.5) is 0 Å². The van der Waals surface area contributed by atoms with Gasteiger partial charge in [-0.25, -0.2) is 0 Å². The molecule has 1 amide bonds. The summed E-state index contributed by atoms with van der Waals surface area (Å²) in [6.07, 6.45) is 2.48. The summed E-state index contributed by atoms with van der Waals surface area (Å²) in [4.78, 5) is 14.7. The number of benzene rings is 2. The van der Waals surface area contributed by atoms with Crippen molar-refractivity contribution in [3.05, 3.63) is 64.7 Å². The van der Waals surface area contributed by atoms with Crippen LogP contribution in [0.15, 0.2) is 48.5 Å². The summed E-state index contributed by atoms with van der Waals surface area (Å²) in [6.45, 7) is 3.43. The average molecular weight is 344 g/mol. The summed E-state index contributed by atoms with van der Waals surface area (Å²) in [5, 5.41) is 0.726. The lowest BCUT2D eigenvalue weighted by molar-refractivity contribution is -0.131. The molecule has 126 valence electrons. The molecule has 2 aromatic rings. The molecule has 1 heterocycles. The van der Waals surface area contributed by atoms with Crippen molar-refractivity contribution in [1.82, 2.24) is 4.90 Å². The first-order valence-corrected chi connectivity index (χ1v) is 8.82. The minimum Gasteiger partial charge on any atom is -0.494 e. The molecule has 4 heteroatoms. The molecular weight excluding hydrogens is 322 g/mol. The Morgan fingerprint density at radius 1 is 1.17 bits per heavy atom. The summed E-state index contributed by atoms with van der Waals surface area (Å²) < 4.78 is 5.44. The van der Waals surface area contributed by atoms with Crippen LogP contribution in [0.5, 0.6) is 5.75 Å². The summed E-state index contributed by atoms with van der Waals surface area (Å²) in [6, 6.07) is 15.8. The minimum atomic E-state index is 0.164. The van der Waals surface area contributed by atoms with E-state index in [1.165, 1.54) is 0 Å². The minimum absolute atomic E-state index is 0.164. The first-order chi connectivity index (χ1) is 11.7. The van der Waals surface area contributed by atoms with Crippen LogP contribution in [0.2, 0.25) is 5.02 Å². The number of carbonyl (C=O) groups is 1. The highest BCUT2D eigenvalue weighted by Crippen LogP contribution is 2.33. The van der Waals surface area contributed by atoms with Crippen molar-refractivity contribution in [1.29, 1.82) is 0 Å². The smallest absolute Gasteiger partial charge is 0.227 e. The molecule has 0 aromatic heterocycles. The number of hydrogen-bond donors (Lipinski definition) is 0. The van der Waals surface area contributed by atoms with Gasteiger partial charge >= 0.3 is 0 Å². The van der Waals surface area contributed by atoms with Gasteiger partial charge in [0.1, 0.15) is 5.75 Å². The third-order valence-electron chi connectivity index (χ3n) is 4.42. The van der Waals surface area contributed by atoms with Crippen LogP contribution < -0.4 is 4.74 Å². The molecule has 2 aromatic carbocycles. The number of ether oxygens (including phenoxy) is 1. The fraction of sp³-hybridized carbons (Fsp3) is 0.350. The SMILES string of the molecule is CCOc1ccc(CC(=O)N2CCC[C@H]2c2ccc(Cl)cc2)cc1. The molecule has 0 aliphatic carbocycles. The summed E-state index contributed by atoms with van der Waals surface area (Å²) in [5.74, 6) is 1.02. The number of nitrogens with zero attached hydrogens (tertiary/aromatic N) is 1. The molecular formula is C20H22ClNO2. The van der Waals surface area contributed by atoms with E-state index in [1.54, 1.807) is 0 Å². The van der Waals surface area contributed by atoms with Gasteiger partial charge in [-0.2, -0.15) is 0 Å². The largest absolute Gasteiger partial charge is 0.494 e. The molecule has 3 rings (SSSR count). The topological polar surface area (TPSA) is 29.5 Å². The van der Waals surface area contributed by atoms with Crippen molar-refractivity contribution in [2.24, 2.45) is 0 Å². The van der Waals surface area contributed by atoms with Crippen molar-refractivity contribution in [3.8, 4) is 5.75 Å². The Bertz CT molecular complexity index is 682. The van der Waals surface area contributed by atoms with E-state index < -0.39 is 0 Å². The fourth-order valence-corrected chi connectivity index (χ4v) is 3.37. The van der Waals surface area contributed by atoms with Crippen LogP contribution in [0.1, 0.15) is 36.9 Å². The molecule has 3 nitrogen and oxygen atoms in total. The lowest BCUT2D eigenvalue weighted by Crippen LogP contribution is -2.31. The average Bonchev–Trinajstić information content (AvgIpc) is 3.07. The second-order valence-electron chi connectivity index (χ2n) is 6.05. The predicted molar refractivity (Wildman–Crippen MR) is 96.5 cm³/mol. The molecule has 0 saturated carbocycles. The Labute approximate surface area is 148 Å². The molecule has 1 saturated heterocycles. The predicted octanol–water partition coefficient (Wildman–Crippen LogP) is 4.64. The molecule has 1 aliphatic heterocycles. The molecule has 24 heavy (non-hydrogen) atoms. The van der Waals surface area contributed by atoms with Crippen LogP contribution in [-0.4, -0.2) is 24.0 Å². The second-order valence-corrected chi connectivity index (χ2v) is 6.49. The number of amides is 1. The quantitative estimate of drug-likeness (QED) is 0.791. The maximum Gasteiger partial charge on any atom is 0.227 e. The van der Waals surface area contributed by atoms with Crippen LogP contribution in [0.3, 0.4) is 0 Å². The molecule has 0 bridgehead atoms. The van der Waals surface area contributed by atoms with Gasteiger partial charge in [-0.15, -0.1) is 0 Å². The fourth-order valence-electron chi connectivity index (χ4n) is 3.24. The number of likely N-dealkylation sites (tertiary alicyclic amines) is 1. The highest BCUT2D eigenvalue weighted by atomic mass is 35.5. The number of hydrogen-bond acceptors (Lipinski definition) is 2. The van der Waals surface area contributed by atoms with E-state index in [0.29, 0.717) is 13.0 Å². The molecule has 0 unspecified atom stereocenters.